The molecule has 0 spiro atoms. The highest BCUT2D eigenvalue weighted by molar-refractivity contribution is 7.89. The minimum Gasteiger partial charge on any atom is -0.492 e. The third kappa shape index (κ3) is 7.88. The van der Waals surface area contributed by atoms with E-state index in [1.807, 2.05) is 0 Å². The Morgan fingerprint density at radius 2 is 1.84 bits per heavy atom. The second-order valence-electron chi connectivity index (χ2n) is 9.94. The van der Waals surface area contributed by atoms with Crippen LogP contribution in [0.5, 0.6) is 5.75 Å². The molecule has 1 saturated heterocycles. The van der Waals surface area contributed by atoms with Crippen LogP contribution in [0.1, 0.15) is 44.7 Å². The van der Waals surface area contributed by atoms with Gasteiger partial charge >= 0.3 is 0 Å². The van der Waals surface area contributed by atoms with E-state index in [0.717, 1.165) is 19.6 Å². The number of hydrogen-bond acceptors (Lipinski definition) is 8. The molecule has 3 aromatic rings. The lowest BCUT2D eigenvalue weighted by atomic mass is 10.1. The number of aromatic nitrogens is 2. The van der Waals surface area contributed by atoms with Crippen LogP contribution in [0.2, 0.25) is 0 Å². The second-order valence-corrected chi connectivity index (χ2v) is 11.6. The van der Waals surface area contributed by atoms with Crippen LogP contribution in [0, 0.1) is 6.85 Å². The summed E-state index contributed by atoms with van der Waals surface area (Å²) in [5.41, 5.74) is -0.176. The van der Waals surface area contributed by atoms with Gasteiger partial charge in [-0.2, -0.15) is 4.98 Å². The highest BCUT2D eigenvalue weighted by atomic mass is 32.2. The van der Waals surface area contributed by atoms with Crippen LogP contribution < -0.4 is 20.1 Å². The van der Waals surface area contributed by atoms with Crippen molar-refractivity contribution in [2.75, 3.05) is 36.9 Å². The zero-order valence-electron chi connectivity index (χ0n) is 25.3. The van der Waals surface area contributed by atoms with Gasteiger partial charge in [-0.05, 0) is 96.0 Å². The SMILES string of the molecule is [2H]c1nc(Nc2ccc(OCCN3CCCC3)cc2)nc(Nc2cccc(S(=O)(=O)NC(C)(C)C)c2)c1C([2H])([2H])[2H]. The molecule has 198 valence electrons. The molecular formula is C27H36N6O3S. The Labute approximate surface area is 225 Å². The summed E-state index contributed by atoms with van der Waals surface area (Å²) in [4.78, 5) is 10.8. The summed E-state index contributed by atoms with van der Waals surface area (Å²) in [5.74, 6) is 0.590. The Morgan fingerprint density at radius 3 is 2.54 bits per heavy atom. The number of nitrogens with zero attached hydrogens (tertiary/aromatic N) is 3. The van der Waals surface area contributed by atoms with Crippen LogP contribution in [0.15, 0.2) is 59.6 Å². The molecule has 1 aliphatic heterocycles. The largest absolute Gasteiger partial charge is 0.492 e. The molecule has 10 heteroatoms. The summed E-state index contributed by atoms with van der Waals surface area (Å²) in [7, 11) is -3.84. The number of likely N-dealkylation sites (tertiary alicyclic amines) is 1. The summed E-state index contributed by atoms with van der Waals surface area (Å²) < 4.78 is 66.2. The summed E-state index contributed by atoms with van der Waals surface area (Å²) in [5, 5.41) is 5.89. The summed E-state index contributed by atoms with van der Waals surface area (Å²) in [6.45, 7) is 6.21. The van der Waals surface area contributed by atoms with Crippen molar-refractivity contribution in [2.24, 2.45) is 0 Å². The van der Waals surface area contributed by atoms with Crippen LogP contribution in [0.25, 0.3) is 0 Å². The topological polar surface area (TPSA) is 108 Å². The molecule has 0 aliphatic carbocycles. The van der Waals surface area contributed by atoms with E-state index in [2.05, 4.69) is 30.2 Å². The molecule has 0 saturated carbocycles. The fourth-order valence-electron chi connectivity index (χ4n) is 3.90. The molecule has 9 nitrogen and oxygen atoms in total. The average molecular weight is 529 g/mol. The first-order valence-corrected chi connectivity index (χ1v) is 13.7. The third-order valence-corrected chi connectivity index (χ3v) is 7.32. The van der Waals surface area contributed by atoms with E-state index in [1.165, 1.54) is 31.0 Å². The number of rotatable bonds is 10. The summed E-state index contributed by atoms with van der Waals surface area (Å²) in [6.07, 6.45) is 1.98. The first-order chi connectivity index (χ1) is 19.2. The van der Waals surface area contributed by atoms with E-state index in [9.17, 15) is 8.42 Å². The first-order valence-electron chi connectivity index (χ1n) is 14.2. The zero-order chi connectivity index (χ0) is 29.8. The van der Waals surface area contributed by atoms with Crippen molar-refractivity contribution in [3.8, 4) is 5.75 Å². The van der Waals surface area contributed by atoms with E-state index in [4.69, 9.17) is 10.2 Å². The number of sulfonamides is 1. The second kappa shape index (κ2) is 11.5. The van der Waals surface area contributed by atoms with Crippen molar-refractivity contribution in [3.05, 3.63) is 60.3 Å². The lowest BCUT2D eigenvalue weighted by molar-refractivity contribution is 0.238. The Kier molecular flexibility index (Phi) is 6.76. The van der Waals surface area contributed by atoms with E-state index in [0.29, 0.717) is 18.0 Å². The highest BCUT2D eigenvalue weighted by Crippen LogP contribution is 2.24. The molecule has 37 heavy (non-hydrogen) atoms. The van der Waals surface area contributed by atoms with Gasteiger partial charge in [0.15, 0.2) is 0 Å². The maximum Gasteiger partial charge on any atom is 0.241 e. The van der Waals surface area contributed by atoms with E-state index in [-0.39, 0.29) is 27.9 Å². The maximum absolute atomic E-state index is 12.8. The lowest BCUT2D eigenvalue weighted by Crippen LogP contribution is -2.40. The van der Waals surface area contributed by atoms with Gasteiger partial charge in [0.25, 0.3) is 0 Å². The number of nitrogens with one attached hydrogen (secondary N) is 3. The van der Waals surface area contributed by atoms with Gasteiger partial charge < -0.3 is 15.4 Å². The van der Waals surface area contributed by atoms with Gasteiger partial charge in [-0.15, -0.1) is 0 Å². The fourth-order valence-corrected chi connectivity index (χ4v) is 5.36. The highest BCUT2D eigenvalue weighted by Gasteiger charge is 2.22. The molecule has 1 aliphatic rings. The molecule has 0 bridgehead atoms. The Bertz CT molecular complexity index is 1460. The molecule has 0 atom stereocenters. The Morgan fingerprint density at radius 1 is 1.08 bits per heavy atom. The first kappa shape index (κ1) is 21.8. The molecule has 0 radical (unpaired) electrons. The molecule has 2 heterocycles. The van der Waals surface area contributed by atoms with Gasteiger partial charge in [-0.25, -0.2) is 18.1 Å². The summed E-state index contributed by atoms with van der Waals surface area (Å²) in [6, 6.07) is 13.1. The molecule has 0 amide bonds. The van der Waals surface area contributed by atoms with Crippen molar-refractivity contribution in [2.45, 2.75) is 50.9 Å². The van der Waals surface area contributed by atoms with E-state index >= 15 is 0 Å². The van der Waals surface area contributed by atoms with Crippen molar-refractivity contribution in [1.82, 2.24) is 19.6 Å². The van der Waals surface area contributed by atoms with Gasteiger partial charge in [0.2, 0.25) is 16.0 Å². The number of benzene rings is 2. The maximum atomic E-state index is 12.8. The Hall–Kier alpha value is -3.21. The standard InChI is InChI=1S/C27H36N6O3S/c1-20-19-28-26(30-21-10-12-23(13-11-21)36-17-16-33-14-5-6-15-33)31-25(20)29-22-8-7-9-24(18-22)37(34,35)32-27(2,3)4/h7-13,18-19,32H,5-6,14-17H2,1-4H3,(H2,28,29,30,31)/i1D3,19D. The summed E-state index contributed by atoms with van der Waals surface area (Å²) >= 11 is 0. The molecule has 1 fully saturated rings. The predicted octanol–water partition coefficient (Wildman–Crippen LogP) is 4.82. The Balaban J connectivity index is 1.53. The van der Waals surface area contributed by atoms with Crippen LogP contribution >= 0.6 is 0 Å². The predicted molar refractivity (Wildman–Crippen MR) is 147 cm³/mol. The molecular weight excluding hydrogens is 488 g/mol. The van der Waals surface area contributed by atoms with Crippen molar-refractivity contribution in [1.29, 1.82) is 0 Å². The smallest absolute Gasteiger partial charge is 0.241 e. The van der Waals surface area contributed by atoms with Gasteiger partial charge in [0.05, 0.1) is 6.27 Å². The molecule has 4 rings (SSSR count). The van der Waals surface area contributed by atoms with Gasteiger partial charge in [0, 0.05) is 39.3 Å². The van der Waals surface area contributed by atoms with Crippen molar-refractivity contribution < 1.29 is 18.6 Å². The minimum absolute atomic E-state index is 0.00546. The van der Waals surface area contributed by atoms with Gasteiger partial charge in [-0.1, -0.05) is 6.07 Å². The van der Waals surface area contributed by atoms with Crippen molar-refractivity contribution >= 4 is 33.2 Å². The quantitative estimate of drug-likeness (QED) is 0.344. The molecule has 3 N–H and O–H groups in total. The molecule has 1 aromatic heterocycles. The normalized spacial score (nSPS) is 16.4. The van der Waals surface area contributed by atoms with Crippen molar-refractivity contribution in [3.63, 3.8) is 0 Å². The number of ether oxygens (including phenoxy) is 1. The van der Waals surface area contributed by atoms with Gasteiger partial charge in [-0.3, -0.25) is 4.90 Å². The van der Waals surface area contributed by atoms with Crippen LogP contribution in [-0.2, 0) is 10.0 Å². The van der Waals surface area contributed by atoms with E-state index < -0.39 is 28.6 Å². The van der Waals surface area contributed by atoms with E-state index in [1.54, 1.807) is 51.1 Å². The lowest BCUT2D eigenvalue weighted by Gasteiger charge is -2.20. The third-order valence-electron chi connectivity index (χ3n) is 5.56. The average Bonchev–Trinajstić information content (AvgIpc) is 3.36. The van der Waals surface area contributed by atoms with Crippen LogP contribution in [-0.4, -0.2) is 55.1 Å². The fraction of sp³-hybridized carbons (Fsp3) is 0.407. The molecule has 2 aromatic carbocycles. The van der Waals surface area contributed by atoms with Gasteiger partial charge in [0.1, 0.15) is 18.2 Å². The van der Waals surface area contributed by atoms with Crippen LogP contribution in [0.3, 0.4) is 0 Å². The zero-order valence-corrected chi connectivity index (χ0v) is 22.2. The van der Waals surface area contributed by atoms with Crippen LogP contribution in [0.4, 0.5) is 23.1 Å². The number of anilines is 4. The monoisotopic (exact) mass is 528 g/mol. The minimum atomic E-state index is -3.84. The molecule has 0 unspecified atom stereocenters. The number of hydrogen-bond donors (Lipinski definition) is 3.